The van der Waals surface area contributed by atoms with Gasteiger partial charge < -0.3 is 4.57 Å². The molecule has 2 aromatic rings. The molecule has 0 radical (unpaired) electrons. The van der Waals surface area contributed by atoms with E-state index in [0.717, 1.165) is 0 Å². The van der Waals surface area contributed by atoms with Crippen LogP contribution in [0.5, 0.6) is 0 Å². The van der Waals surface area contributed by atoms with Crippen molar-refractivity contribution in [3.05, 3.63) is 28.5 Å². The lowest BCUT2D eigenvalue weighted by atomic mass is 10.2. The van der Waals surface area contributed by atoms with Gasteiger partial charge >= 0.3 is 0 Å². The maximum absolute atomic E-state index is 12.0. The molecule has 0 spiro atoms. The standard InChI is InChI=1S/C8H8BrN5O/c1-13-4-10-12-8(13)6(15)5-3-11-14(2)7(5)9/h3-4H,1-2H3. The van der Waals surface area contributed by atoms with Crippen molar-refractivity contribution < 1.29 is 4.79 Å². The number of carbonyl (C=O) groups is 1. The van der Waals surface area contributed by atoms with Gasteiger partial charge in [-0.15, -0.1) is 10.2 Å². The molecule has 7 heteroatoms. The van der Waals surface area contributed by atoms with E-state index in [-0.39, 0.29) is 5.78 Å². The molecular formula is C8H8BrN5O. The monoisotopic (exact) mass is 269 g/mol. The molecule has 2 aromatic heterocycles. The number of carbonyl (C=O) groups excluding carboxylic acids is 1. The SMILES string of the molecule is Cn1cnnc1C(=O)c1cnn(C)c1Br. The lowest BCUT2D eigenvalue weighted by Crippen LogP contribution is -2.08. The van der Waals surface area contributed by atoms with E-state index in [1.807, 2.05) is 0 Å². The predicted molar refractivity (Wildman–Crippen MR) is 55.3 cm³/mol. The lowest BCUT2D eigenvalue weighted by Gasteiger charge is -1.98. The summed E-state index contributed by atoms with van der Waals surface area (Å²) >= 11 is 3.28. The zero-order chi connectivity index (χ0) is 11.0. The van der Waals surface area contributed by atoms with Gasteiger partial charge in [-0.1, -0.05) is 0 Å². The van der Waals surface area contributed by atoms with Crippen LogP contribution in [0.4, 0.5) is 0 Å². The molecule has 0 aliphatic heterocycles. The first-order valence-corrected chi connectivity index (χ1v) is 4.96. The lowest BCUT2D eigenvalue weighted by molar-refractivity contribution is 0.102. The second-order valence-corrected chi connectivity index (χ2v) is 3.82. The minimum absolute atomic E-state index is 0.199. The highest BCUT2D eigenvalue weighted by Crippen LogP contribution is 2.17. The van der Waals surface area contributed by atoms with E-state index in [1.165, 1.54) is 12.5 Å². The van der Waals surface area contributed by atoms with Crippen molar-refractivity contribution >= 4 is 21.7 Å². The highest BCUT2D eigenvalue weighted by molar-refractivity contribution is 9.10. The van der Waals surface area contributed by atoms with Crippen LogP contribution in [-0.4, -0.2) is 30.3 Å². The first-order chi connectivity index (χ1) is 7.11. The molecule has 0 saturated heterocycles. The Morgan fingerprint density at radius 3 is 2.67 bits per heavy atom. The Morgan fingerprint density at radius 1 is 1.47 bits per heavy atom. The van der Waals surface area contributed by atoms with Crippen molar-refractivity contribution in [2.24, 2.45) is 14.1 Å². The van der Waals surface area contributed by atoms with Crippen molar-refractivity contribution in [3.8, 4) is 0 Å². The Balaban J connectivity index is 2.46. The number of ketones is 1. The summed E-state index contributed by atoms with van der Waals surface area (Å²) < 4.78 is 3.78. The van der Waals surface area contributed by atoms with E-state index in [4.69, 9.17) is 0 Å². The van der Waals surface area contributed by atoms with Crippen molar-refractivity contribution in [2.75, 3.05) is 0 Å². The third-order valence-corrected chi connectivity index (χ3v) is 2.97. The molecular weight excluding hydrogens is 262 g/mol. The molecule has 6 nitrogen and oxygen atoms in total. The number of nitrogens with zero attached hydrogens (tertiary/aromatic N) is 5. The average Bonchev–Trinajstić information content (AvgIpc) is 2.75. The summed E-state index contributed by atoms with van der Waals surface area (Å²) in [6.45, 7) is 0. The van der Waals surface area contributed by atoms with Crippen LogP contribution in [0.3, 0.4) is 0 Å². The molecule has 15 heavy (non-hydrogen) atoms. The van der Waals surface area contributed by atoms with Gasteiger partial charge in [0, 0.05) is 14.1 Å². The van der Waals surface area contributed by atoms with Crippen LogP contribution in [0, 0.1) is 0 Å². The van der Waals surface area contributed by atoms with Gasteiger partial charge in [0.2, 0.25) is 11.6 Å². The Morgan fingerprint density at radius 2 is 2.20 bits per heavy atom. The van der Waals surface area contributed by atoms with Gasteiger partial charge in [-0.25, -0.2) is 0 Å². The first-order valence-electron chi connectivity index (χ1n) is 4.17. The van der Waals surface area contributed by atoms with Crippen LogP contribution in [0.2, 0.25) is 0 Å². The molecule has 0 atom stereocenters. The smallest absolute Gasteiger partial charge is 0.234 e. The first kappa shape index (κ1) is 10.0. The summed E-state index contributed by atoms with van der Waals surface area (Å²) in [4.78, 5) is 12.0. The van der Waals surface area contributed by atoms with E-state index in [9.17, 15) is 4.79 Å². The predicted octanol–water partition coefficient (Wildman–Crippen LogP) is 0.542. The third-order valence-electron chi connectivity index (χ3n) is 2.03. The molecule has 78 valence electrons. The second-order valence-electron chi connectivity index (χ2n) is 3.07. The largest absolute Gasteiger partial charge is 0.314 e. The molecule has 2 rings (SSSR count). The van der Waals surface area contributed by atoms with Gasteiger partial charge in [-0.3, -0.25) is 9.48 Å². The number of aryl methyl sites for hydroxylation is 2. The summed E-state index contributed by atoms with van der Waals surface area (Å²) in [6, 6.07) is 0. The van der Waals surface area contributed by atoms with Crippen LogP contribution in [0.15, 0.2) is 17.1 Å². The molecule has 0 aliphatic rings. The zero-order valence-electron chi connectivity index (χ0n) is 8.18. The fraction of sp³-hybridized carbons (Fsp3) is 0.250. The van der Waals surface area contributed by atoms with Crippen LogP contribution in [0.25, 0.3) is 0 Å². The van der Waals surface area contributed by atoms with Gasteiger partial charge in [0.05, 0.1) is 11.8 Å². The van der Waals surface area contributed by atoms with E-state index in [2.05, 4.69) is 31.2 Å². The van der Waals surface area contributed by atoms with Crippen molar-refractivity contribution in [2.45, 2.75) is 0 Å². The summed E-state index contributed by atoms with van der Waals surface area (Å²) in [5, 5.41) is 11.4. The maximum atomic E-state index is 12.0. The quantitative estimate of drug-likeness (QED) is 0.747. The summed E-state index contributed by atoms with van der Waals surface area (Å²) in [7, 11) is 3.47. The number of rotatable bonds is 2. The fourth-order valence-electron chi connectivity index (χ4n) is 1.18. The van der Waals surface area contributed by atoms with Gasteiger partial charge in [0.25, 0.3) is 0 Å². The topological polar surface area (TPSA) is 65.6 Å². The minimum atomic E-state index is -0.199. The summed E-state index contributed by atoms with van der Waals surface area (Å²) in [5.74, 6) is 0.0960. The highest BCUT2D eigenvalue weighted by Gasteiger charge is 2.19. The molecule has 0 saturated carbocycles. The van der Waals surface area contributed by atoms with Gasteiger partial charge in [0.1, 0.15) is 10.9 Å². The number of halogens is 1. The van der Waals surface area contributed by atoms with E-state index in [0.29, 0.717) is 16.0 Å². The Labute approximate surface area is 94.0 Å². The van der Waals surface area contributed by atoms with Crippen molar-refractivity contribution in [3.63, 3.8) is 0 Å². The normalized spacial score (nSPS) is 10.6. The molecule has 0 unspecified atom stereocenters. The van der Waals surface area contributed by atoms with Gasteiger partial charge in [0.15, 0.2) is 0 Å². The molecule has 0 aromatic carbocycles. The second kappa shape index (κ2) is 3.58. The number of hydrogen-bond donors (Lipinski definition) is 0. The maximum Gasteiger partial charge on any atom is 0.234 e. The van der Waals surface area contributed by atoms with Crippen molar-refractivity contribution in [1.82, 2.24) is 24.5 Å². The van der Waals surface area contributed by atoms with Crippen LogP contribution < -0.4 is 0 Å². The highest BCUT2D eigenvalue weighted by atomic mass is 79.9. The Kier molecular flexibility index (Phi) is 2.39. The molecule has 0 N–H and O–H groups in total. The Hall–Kier alpha value is -1.50. The molecule has 0 fully saturated rings. The van der Waals surface area contributed by atoms with E-state index in [1.54, 1.807) is 23.3 Å². The third kappa shape index (κ3) is 1.58. The van der Waals surface area contributed by atoms with E-state index < -0.39 is 0 Å². The fourth-order valence-corrected chi connectivity index (χ4v) is 1.56. The van der Waals surface area contributed by atoms with Crippen LogP contribution >= 0.6 is 15.9 Å². The van der Waals surface area contributed by atoms with Crippen molar-refractivity contribution in [1.29, 1.82) is 0 Å². The zero-order valence-corrected chi connectivity index (χ0v) is 9.76. The Bertz CT molecular complexity index is 515. The summed E-state index contributed by atoms with van der Waals surface area (Å²) in [5.41, 5.74) is 0.480. The minimum Gasteiger partial charge on any atom is -0.314 e. The van der Waals surface area contributed by atoms with Crippen LogP contribution in [0.1, 0.15) is 16.2 Å². The van der Waals surface area contributed by atoms with E-state index >= 15 is 0 Å². The van der Waals surface area contributed by atoms with Gasteiger partial charge in [-0.05, 0) is 15.9 Å². The molecule has 0 amide bonds. The number of aromatic nitrogens is 5. The average molecular weight is 270 g/mol. The molecule has 0 bridgehead atoms. The number of hydrogen-bond acceptors (Lipinski definition) is 4. The van der Waals surface area contributed by atoms with Gasteiger partial charge in [-0.2, -0.15) is 5.10 Å². The van der Waals surface area contributed by atoms with Crippen LogP contribution in [-0.2, 0) is 14.1 Å². The molecule has 0 aliphatic carbocycles. The summed E-state index contributed by atoms with van der Waals surface area (Å²) in [6.07, 6.45) is 2.98. The molecule has 2 heterocycles.